The van der Waals surface area contributed by atoms with Crippen molar-refractivity contribution in [3.63, 3.8) is 0 Å². The van der Waals surface area contributed by atoms with E-state index in [2.05, 4.69) is 53.2 Å². The molecule has 3 aromatic rings. The van der Waals surface area contributed by atoms with Crippen LogP contribution in [0.15, 0.2) is 85.7 Å². The van der Waals surface area contributed by atoms with E-state index in [0.717, 1.165) is 10.0 Å². The van der Waals surface area contributed by atoms with Gasteiger partial charge in [0.1, 0.15) is 17.9 Å². The Bertz CT molecular complexity index is 1160. The van der Waals surface area contributed by atoms with E-state index in [1.165, 1.54) is 5.01 Å². The Labute approximate surface area is 204 Å². The average molecular weight is 607 g/mol. The third-order valence-corrected chi connectivity index (χ3v) is 6.24. The molecule has 31 heavy (non-hydrogen) atoms. The number of amides is 2. The zero-order chi connectivity index (χ0) is 22.0. The van der Waals surface area contributed by atoms with Crippen LogP contribution in [0.5, 0.6) is 5.75 Å². The third kappa shape index (κ3) is 4.92. The molecule has 3 aromatic carbocycles. The number of rotatable bonds is 5. The lowest BCUT2D eigenvalue weighted by atomic mass is 10.1. The molecule has 1 saturated heterocycles. The molecule has 1 heterocycles. The van der Waals surface area contributed by atoms with Gasteiger partial charge < -0.3 is 4.74 Å². The molecule has 1 aliphatic heterocycles. The largest absolute Gasteiger partial charge is 0.487 e. The van der Waals surface area contributed by atoms with E-state index < -0.39 is 11.8 Å². The van der Waals surface area contributed by atoms with Gasteiger partial charge in [-0.05, 0) is 85.5 Å². The topological polar surface area (TPSA) is 58.6 Å². The summed E-state index contributed by atoms with van der Waals surface area (Å²) in [5.41, 5.74) is 4.97. The van der Waals surface area contributed by atoms with Crippen LogP contribution in [-0.2, 0) is 16.2 Å². The van der Waals surface area contributed by atoms with Crippen molar-refractivity contribution in [2.24, 2.45) is 0 Å². The second-order valence-corrected chi connectivity index (χ2v) is 9.33. The van der Waals surface area contributed by atoms with Crippen molar-refractivity contribution >= 4 is 71.4 Å². The van der Waals surface area contributed by atoms with Crippen molar-refractivity contribution < 1.29 is 14.3 Å². The maximum absolute atomic E-state index is 12.8. The number of benzene rings is 3. The number of hydrazine groups is 1. The Morgan fingerprint density at radius 2 is 1.55 bits per heavy atom. The number of halogens is 3. The molecule has 0 bridgehead atoms. The first kappa shape index (κ1) is 21.8. The molecule has 0 atom stereocenters. The van der Waals surface area contributed by atoms with Crippen LogP contribution in [0.25, 0.3) is 6.08 Å². The molecular weight excluding hydrogens is 592 g/mol. The molecule has 4 rings (SSSR count). The highest BCUT2D eigenvalue weighted by molar-refractivity contribution is 9.11. The number of ether oxygens (including phenoxy) is 1. The lowest BCUT2D eigenvalue weighted by Gasteiger charge is -2.14. The van der Waals surface area contributed by atoms with E-state index in [9.17, 15) is 9.59 Å². The number of hydrogen-bond donors (Lipinski definition) is 1. The van der Waals surface area contributed by atoms with Crippen LogP contribution < -0.4 is 15.2 Å². The van der Waals surface area contributed by atoms with Gasteiger partial charge in [-0.1, -0.05) is 46.3 Å². The Morgan fingerprint density at radius 1 is 0.903 bits per heavy atom. The highest BCUT2D eigenvalue weighted by atomic mass is 79.9. The molecule has 1 N–H and O–H groups in total. The number of hydrogen-bond acceptors (Lipinski definition) is 3. The van der Waals surface area contributed by atoms with Crippen LogP contribution in [0.4, 0.5) is 5.69 Å². The minimum atomic E-state index is -0.448. The molecule has 1 aliphatic rings. The molecule has 5 nitrogen and oxygen atoms in total. The first-order chi connectivity index (χ1) is 14.9. The molecule has 0 aliphatic carbocycles. The highest BCUT2D eigenvalue weighted by Crippen LogP contribution is 2.36. The summed E-state index contributed by atoms with van der Waals surface area (Å²) in [5.74, 6) is -0.214. The number of nitrogens with one attached hydrogen (secondary N) is 1. The van der Waals surface area contributed by atoms with Gasteiger partial charge in [0, 0.05) is 4.47 Å². The minimum absolute atomic E-state index is 0.0613. The fraction of sp³-hybridized carbons (Fsp3) is 0.0435. The van der Waals surface area contributed by atoms with Gasteiger partial charge >= 0.3 is 0 Å². The van der Waals surface area contributed by atoms with Crippen LogP contribution in [-0.4, -0.2) is 11.8 Å². The van der Waals surface area contributed by atoms with Gasteiger partial charge in [-0.25, -0.2) is 5.01 Å². The lowest BCUT2D eigenvalue weighted by Crippen LogP contribution is -2.35. The van der Waals surface area contributed by atoms with E-state index in [4.69, 9.17) is 4.74 Å². The summed E-state index contributed by atoms with van der Waals surface area (Å²) in [5, 5.41) is 1.24. The zero-order valence-corrected chi connectivity index (χ0v) is 20.7. The number of para-hydroxylation sites is 1. The van der Waals surface area contributed by atoms with E-state index in [0.29, 0.717) is 32.6 Å². The summed E-state index contributed by atoms with van der Waals surface area (Å²) in [6, 6.07) is 20.5. The predicted molar refractivity (Wildman–Crippen MR) is 130 cm³/mol. The van der Waals surface area contributed by atoms with Gasteiger partial charge in [0.15, 0.2) is 0 Å². The maximum atomic E-state index is 12.8. The molecule has 0 spiro atoms. The van der Waals surface area contributed by atoms with Crippen molar-refractivity contribution in [3.05, 3.63) is 96.8 Å². The van der Waals surface area contributed by atoms with E-state index in [-0.39, 0.29) is 5.57 Å². The van der Waals surface area contributed by atoms with Crippen molar-refractivity contribution in [2.45, 2.75) is 6.61 Å². The quantitative estimate of drug-likeness (QED) is 0.286. The summed E-state index contributed by atoms with van der Waals surface area (Å²) >= 11 is 10.5. The Morgan fingerprint density at radius 3 is 2.19 bits per heavy atom. The molecular formula is C23H15Br3N2O3. The summed E-state index contributed by atoms with van der Waals surface area (Å²) in [6.07, 6.45) is 1.56. The Balaban J connectivity index is 1.55. The molecule has 0 unspecified atom stereocenters. The Hall–Kier alpha value is -2.42. The summed E-state index contributed by atoms with van der Waals surface area (Å²) in [6.45, 7) is 0.401. The van der Waals surface area contributed by atoms with Gasteiger partial charge in [-0.15, -0.1) is 0 Å². The summed E-state index contributed by atoms with van der Waals surface area (Å²) < 4.78 is 8.37. The monoisotopic (exact) mass is 604 g/mol. The number of carbonyl (C=O) groups excluding carboxylic acids is 2. The lowest BCUT2D eigenvalue weighted by molar-refractivity contribution is -0.117. The molecule has 2 amide bonds. The van der Waals surface area contributed by atoms with Crippen molar-refractivity contribution in [1.82, 2.24) is 5.43 Å². The molecule has 0 saturated carbocycles. The van der Waals surface area contributed by atoms with Crippen LogP contribution in [0.1, 0.15) is 11.1 Å². The van der Waals surface area contributed by atoms with Gasteiger partial charge in [0.25, 0.3) is 11.8 Å². The standard InChI is InChI=1S/C23H15Br3N2O3/c24-16-8-6-14(7-9-16)13-31-21-19(25)11-15(12-20(21)26)10-18-22(29)27-28(23(18)30)17-4-2-1-3-5-17/h1-12H,13H2,(H,27,29)/b18-10-. The van der Waals surface area contributed by atoms with Crippen LogP contribution in [0.2, 0.25) is 0 Å². The fourth-order valence-corrected chi connectivity index (χ4v) is 4.73. The average Bonchev–Trinajstić information content (AvgIpc) is 3.03. The Kier molecular flexibility index (Phi) is 6.60. The highest BCUT2D eigenvalue weighted by Gasteiger charge is 2.34. The minimum Gasteiger partial charge on any atom is -0.487 e. The molecule has 0 radical (unpaired) electrons. The second kappa shape index (κ2) is 9.38. The van der Waals surface area contributed by atoms with Gasteiger partial charge in [-0.2, -0.15) is 0 Å². The van der Waals surface area contributed by atoms with Crippen molar-refractivity contribution in [3.8, 4) is 5.75 Å². The van der Waals surface area contributed by atoms with Gasteiger partial charge in [-0.3, -0.25) is 15.0 Å². The van der Waals surface area contributed by atoms with Crippen LogP contribution >= 0.6 is 47.8 Å². The van der Waals surface area contributed by atoms with E-state index in [1.54, 1.807) is 42.5 Å². The summed E-state index contributed by atoms with van der Waals surface area (Å²) in [4.78, 5) is 25.2. The predicted octanol–water partition coefficient (Wildman–Crippen LogP) is 6.01. The second-order valence-electron chi connectivity index (χ2n) is 6.70. The zero-order valence-electron chi connectivity index (χ0n) is 15.9. The summed E-state index contributed by atoms with van der Waals surface area (Å²) in [7, 11) is 0. The van der Waals surface area contributed by atoms with Crippen molar-refractivity contribution in [2.75, 3.05) is 5.01 Å². The van der Waals surface area contributed by atoms with E-state index in [1.807, 2.05) is 30.3 Å². The number of nitrogens with zero attached hydrogens (tertiary/aromatic N) is 1. The SMILES string of the molecule is O=C1NN(c2ccccc2)C(=O)/C1=C\c1cc(Br)c(OCc2ccc(Br)cc2)c(Br)c1. The number of carbonyl (C=O) groups is 2. The fourth-order valence-electron chi connectivity index (χ4n) is 3.02. The molecule has 1 fully saturated rings. The first-order valence-corrected chi connectivity index (χ1v) is 11.6. The number of anilines is 1. The van der Waals surface area contributed by atoms with Gasteiger partial charge in [0.2, 0.25) is 0 Å². The van der Waals surface area contributed by atoms with Crippen LogP contribution in [0, 0.1) is 0 Å². The molecule has 8 heteroatoms. The van der Waals surface area contributed by atoms with Crippen LogP contribution in [0.3, 0.4) is 0 Å². The normalized spacial score (nSPS) is 14.8. The first-order valence-electron chi connectivity index (χ1n) is 9.21. The maximum Gasteiger partial charge on any atom is 0.282 e. The third-order valence-electron chi connectivity index (χ3n) is 4.53. The smallest absolute Gasteiger partial charge is 0.282 e. The van der Waals surface area contributed by atoms with Crippen molar-refractivity contribution in [1.29, 1.82) is 0 Å². The molecule has 156 valence electrons. The van der Waals surface area contributed by atoms with Gasteiger partial charge in [0.05, 0.1) is 14.6 Å². The van der Waals surface area contributed by atoms with E-state index >= 15 is 0 Å². The molecule has 0 aromatic heterocycles.